The number of benzene rings is 1. The van der Waals surface area contributed by atoms with Crippen LogP contribution in [0.25, 0.3) is 0 Å². The minimum absolute atomic E-state index is 0.0976. The van der Waals surface area contributed by atoms with Gasteiger partial charge >= 0.3 is 0 Å². The SMILES string of the molecule is Cc1cc(F)c(S(=O)(=O)NC(=O)C(C)(C)C2CC2)c(F)c1. The molecule has 1 amide bonds. The molecule has 2 rings (SSSR count). The molecule has 0 atom stereocenters. The van der Waals surface area contributed by atoms with Crippen molar-refractivity contribution in [1.29, 1.82) is 0 Å². The van der Waals surface area contributed by atoms with Crippen LogP contribution in [0.3, 0.4) is 0 Å². The quantitative estimate of drug-likeness (QED) is 0.928. The van der Waals surface area contributed by atoms with E-state index in [0.29, 0.717) is 0 Å². The van der Waals surface area contributed by atoms with E-state index in [-0.39, 0.29) is 11.5 Å². The first-order valence-corrected chi connectivity index (χ1v) is 8.07. The van der Waals surface area contributed by atoms with Gasteiger partial charge < -0.3 is 0 Å². The molecule has 0 bridgehead atoms. The topological polar surface area (TPSA) is 63.2 Å². The number of nitrogens with one attached hydrogen (secondary N) is 1. The van der Waals surface area contributed by atoms with Gasteiger partial charge in [-0.2, -0.15) is 0 Å². The third-order valence-electron chi connectivity index (χ3n) is 3.82. The predicted octanol–water partition coefficient (Wildman–Crippen LogP) is 2.51. The third kappa shape index (κ3) is 3.07. The molecule has 0 aromatic heterocycles. The molecule has 1 aliphatic rings. The maximum Gasteiger partial charge on any atom is 0.269 e. The maximum absolute atomic E-state index is 13.8. The first-order valence-electron chi connectivity index (χ1n) is 6.58. The molecule has 1 aromatic carbocycles. The summed E-state index contributed by atoms with van der Waals surface area (Å²) in [4.78, 5) is 11.0. The lowest BCUT2D eigenvalue weighted by Crippen LogP contribution is -2.42. The van der Waals surface area contributed by atoms with Gasteiger partial charge in [0.1, 0.15) is 11.6 Å². The molecule has 0 spiro atoms. The van der Waals surface area contributed by atoms with Crippen LogP contribution in [0.2, 0.25) is 0 Å². The number of rotatable bonds is 4. The van der Waals surface area contributed by atoms with Gasteiger partial charge in [0.2, 0.25) is 5.91 Å². The van der Waals surface area contributed by atoms with Gasteiger partial charge in [-0.3, -0.25) is 4.79 Å². The predicted molar refractivity (Wildman–Crippen MR) is 72.9 cm³/mol. The normalized spacial score (nSPS) is 15.9. The number of amides is 1. The Morgan fingerprint density at radius 3 is 2.14 bits per heavy atom. The Bertz CT molecular complexity index is 671. The van der Waals surface area contributed by atoms with Crippen LogP contribution in [-0.2, 0) is 14.8 Å². The summed E-state index contributed by atoms with van der Waals surface area (Å²) in [7, 11) is -4.58. The van der Waals surface area contributed by atoms with Crippen LogP contribution in [0.1, 0.15) is 32.3 Å². The van der Waals surface area contributed by atoms with Crippen molar-refractivity contribution in [3.63, 3.8) is 0 Å². The summed E-state index contributed by atoms with van der Waals surface area (Å²) >= 11 is 0. The molecule has 1 aliphatic carbocycles. The molecule has 21 heavy (non-hydrogen) atoms. The van der Waals surface area contributed by atoms with Crippen LogP contribution in [0.4, 0.5) is 8.78 Å². The Morgan fingerprint density at radius 1 is 1.24 bits per heavy atom. The highest BCUT2D eigenvalue weighted by Gasteiger charge is 2.45. The van der Waals surface area contributed by atoms with E-state index in [0.717, 1.165) is 25.0 Å². The van der Waals surface area contributed by atoms with Crippen LogP contribution in [0, 0.1) is 29.9 Å². The molecule has 1 N–H and O–H groups in total. The van der Waals surface area contributed by atoms with Gasteiger partial charge in [-0.05, 0) is 43.4 Å². The number of hydrogen-bond acceptors (Lipinski definition) is 3. The highest BCUT2D eigenvalue weighted by atomic mass is 32.2. The fraction of sp³-hybridized carbons (Fsp3) is 0.500. The Hall–Kier alpha value is -1.50. The smallest absolute Gasteiger partial charge is 0.269 e. The molecule has 0 radical (unpaired) electrons. The molecule has 1 fully saturated rings. The Balaban J connectivity index is 2.33. The highest BCUT2D eigenvalue weighted by molar-refractivity contribution is 7.90. The molecule has 7 heteroatoms. The maximum atomic E-state index is 13.8. The summed E-state index contributed by atoms with van der Waals surface area (Å²) in [6.07, 6.45) is 1.68. The first kappa shape index (κ1) is 15.9. The zero-order valence-corrected chi connectivity index (χ0v) is 12.9. The zero-order chi connectivity index (χ0) is 16.0. The number of aryl methyl sites for hydroxylation is 1. The second-order valence-corrected chi connectivity index (χ2v) is 7.61. The molecule has 116 valence electrons. The van der Waals surface area contributed by atoms with Crippen molar-refractivity contribution in [3.05, 3.63) is 29.3 Å². The molecule has 4 nitrogen and oxygen atoms in total. The number of sulfonamides is 1. The van der Waals surface area contributed by atoms with E-state index in [2.05, 4.69) is 0 Å². The van der Waals surface area contributed by atoms with E-state index in [9.17, 15) is 22.0 Å². The minimum Gasteiger partial charge on any atom is -0.273 e. The molecular weight excluding hydrogens is 300 g/mol. The number of halogens is 2. The van der Waals surface area contributed by atoms with Gasteiger partial charge in [-0.15, -0.1) is 0 Å². The lowest BCUT2D eigenvalue weighted by Gasteiger charge is -2.23. The van der Waals surface area contributed by atoms with Gasteiger partial charge in [-0.1, -0.05) is 13.8 Å². The van der Waals surface area contributed by atoms with Gasteiger partial charge in [0.05, 0.1) is 0 Å². The Labute approximate surface area is 122 Å². The van der Waals surface area contributed by atoms with Gasteiger partial charge in [-0.25, -0.2) is 21.9 Å². The molecule has 0 heterocycles. The van der Waals surface area contributed by atoms with Crippen LogP contribution in [0.5, 0.6) is 0 Å². The lowest BCUT2D eigenvalue weighted by atomic mass is 9.87. The minimum atomic E-state index is -4.58. The molecule has 0 saturated heterocycles. The summed E-state index contributed by atoms with van der Waals surface area (Å²) in [6.45, 7) is 4.69. The van der Waals surface area contributed by atoms with Crippen LogP contribution >= 0.6 is 0 Å². The van der Waals surface area contributed by atoms with E-state index >= 15 is 0 Å². The van der Waals surface area contributed by atoms with Crippen molar-refractivity contribution in [2.75, 3.05) is 0 Å². The Morgan fingerprint density at radius 2 is 1.71 bits per heavy atom. The largest absolute Gasteiger partial charge is 0.273 e. The fourth-order valence-corrected chi connectivity index (χ4v) is 3.48. The van der Waals surface area contributed by atoms with E-state index < -0.39 is 37.9 Å². The van der Waals surface area contributed by atoms with Gasteiger partial charge in [0.25, 0.3) is 10.0 Å². The second kappa shape index (κ2) is 5.05. The van der Waals surface area contributed by atoms with Gasteiger partial charge in [0, 0.05) is 5.41 Å². The standard InChI is InChI=1S/C14H17F2NO3S/c1-8-6-10(15)12(11(16)7-8)21(19,20)17-13(18)14(2,3)9-4-5-9/h6-7,9H,4-5H2,1-3H3,(H,17,18). The van der Waals surface area contributed by atoms with Crippen molar-refractivity contribution >= 4 is 15.9 Å². The molecule has 1 saturated carbocycles. The second-order valence-electron chi connectivity index (χ2n) is 5.99. The number of carbonyl (C=O) groups excluding carboxylic acids is 1. The van der Waals surface area contributed by atoms with Gasteiger partial charge in [0.15, 0.2) is 4.90 Å². The Kier molecular flexibility index (Phi) is 3.82. The van der Waals surface area contributed by atoms with Crippen LogP contribution < -0.4 is 4.72 Å². The molecular formula is C14H17F2NO3S. The summed E-state index contributed by atoms with van der Waals surface area (Å²) < 4.78 is 53.4. The van der Waals surface area contributed by atoms with E-state index in [4.69, 9.17) is 0 Å². The van der Waals surface area contributed by atoms with E-state index in [1.807, 2.05) is 0 Å². The summed E-state index contributed by atoms with van der Waals surface area (Å²) in [6, 6.07) is 1.82. The number of hydrogen-bond donors (Lipinski definition) is 1. The van der Waals surface area contributed by atoms with Crippen molar-refractivity contribution in [2.45, 2.75) is 38.5 Å². The fourth-order valence-electron chi connectivity index (χ4n) is 2.24. The average Bonchev–Trinajstić information content (AvgIpc) is 3.09. The van der Waals surface area contributed by atoms with Crippen LogP contribution in [0.15, 0.2) is 17.0 Å². The average molecular weight is 317 g/mol. The van der Waals surface area contributed by atoms with Crippen molar-refractivity contribution in [2.24, 2.45) is 11.3 Å². The monoisotopic (exact) mass is 317 g/mol. The lowest BCUT2D eigenvalue weighted by molar-refractivity contribution is -0.128. The zero-order valence-electron chi connectivity index (χ0n) is 12.0. The molecule has 0 aliphatic heterocycles. The van der Waals surface area contributed by atoms with Crippen molar-refractivity contribution in [3.8, 4) is 0 Å². The van der Waals surface area contributed by atoms with Crippen molar-refractivity contribution < 1.29 is 22.0 Å². The number of carbonyl (C=O) groups is 1. The van der Waals surface area contributed by atoms with E-state index in [1.54, 1.807) is 18.6 Å². The molecule has 0 unspecified atom stereocenters. The summed E-state index contributed by atoms with van der Waals surface area (Å²) in [5, 5.41) is 0. The third-order valence-corrected chi connectivity index (χ3v) is 5.20. The highest BCUT2D eigenvalue weighted by Crippen LogP contribution is 2.45. The van der Waals surface area contributed by atoms with Crippen molar-refractivity contribution in [1.82, 2.24) is 4.72 Å². The summed E-state index contributed by atoms with van der Waals surface area (Å²) in [5.74, 6) is -3.07. The molecule has 1 aromatic rings. The first-order chi connectivity index (χ1) is 9.55. The van der Waals surface area contributed by atoms with Crippen LogP contribution in [-0.4, -0.2) is 14.3 Å². The van der Waals surface area contributed by atoms with E-state index in [1.165, 1.54) is 6.92 Å². The summed E-state index contributed by atoms with van der Waals surface area (Å²) in [5.41, 5.74) is -0.626.